The van der Waals surface area contributed by atoms with Crippen molar-refractivity contribution < 1.29 is 5.11 Å². The van der Waals surface area contributed by atoms with E-state index in [0.29, 0.717) is 0 Å². The summed E-state index contributed by atoms with van der Waals surface area (Å²) < 4.78 is 2.04. The first-order valence-corrected chi connectivity index (χ1v) is 5.49. The van der Waals surface area contributed by atoms with E-state index < -0.39 is 0 Å². The van der Waals surface area contributed by atoms with Crippen LogP contribution >= 0.6 is 0 Å². The molecular formula is C11H14N4O. The van der Waals surface area contributed by atoms with Crippen molar-refractivity contribution in [2.75, 3.05) is 13.1 Å². The predicted octanol–water partition coefficient (Wildman–Crippen LogP) is 0.296. The van der Waals surface area contributed by atoms with Crippen LogP contribution in [0.15, 0.2) is 24.8 Å². The second kappa shape index (κ2) is 3.84. The number of imidazole rings is 1. The van der Waals surface area contributed by atoms with Crippen molar-refractivity contribution in [2.45, 2.75) is 19.1 Å². The molecule has 0 amide bonds. The van der Waals surface area contributed by atoms with Gasteiger partial charge in [0.05, 0.1) is 24.2 Å². The van der Waals surface area contributed by atoms with Crippen LogP contribution in [0.4, 0.5) is 0 Å². The van der Waals surface area contributed by atoms with E-state index in [0.717, 1.165) is 37.4 Å². The Balaban J connectivity index is 1.84. The molecule has 0 spiro atoms. The fourth-order valence-electron chi connectivity index (χ4n) is 2.20. The van der Waals surface area contributed by atoms with Crippen molar-refractivity contribution in [1.29, 1.82) is 0 Å². The third-order valence-electron chi connectivity index (χ3n) is 3.03. The highest BCUT2D eigenvalue weighted by Crippen LogP contribution is 2.14. The van der Waals surface area contributed by atoms with Crippen molar-refractivity contribution >= 4 is 5.65 Å². The lowest BCUT2D eigenvalue weighted by atomic mass is 10.3. The molecule has 0 unspecified atom stereocenters. The number of rotatable bonds is 2. The maximum atomic E-state index is 9.47. The van der Waals surface area contributed by atoms with Crippen molar-refractivity contribution in [3.63, 3.8) is 0 Å². The predicted molar refractivity (Wildman–Crippen MR) is 58.9 cm³/mol. The number of likely N-dealkylation sites (tertiary alicyclic amines) is 1. The average molecular weight is 218 g/mol. The maximum absolute atomic E-state index is 9.47. The Morgan fingerprint density at radius 3 is 3.19 bits per heavy atom. The molecule has 1 fully saturated rings. The van der Waals surface area contributed by atoms with Gasteiger partial charge in [-0.15, -0.1) is 0 Å². The van der Waals surface area contributed by atoms with Crippen molar-refractivity contribution in [2.24, 2.45) is 0 Å². The van der Waals surface area contributed by atoms with Crippen LogP contribution in [-0.4, -0.2) is 43.6 Å². The highest BCUT2D eigenvalue weighted by atomic mass is 16.3. The molecule has 1 aliphatic heterocycles. The zero-order valence-corrected chi connectivity index (χ0v) is 8.95. The van der Waals surface area contributed by atoms with Gasteiger partial charge in [0.15, 0.2) is 5.65 Å². The lowest BCUT2D eigenvalue weighted by Crippen LogP contribution is -2.22. The molecule has 0 saturated carbocycles. The molecular weight excluding hydrogens is 204 g/mol. The summed E-state index contributed by atoms with van der Waals surface area (Å²) in [4.78, 5) is 10.6. The van der Waals surface area contributed by atoms with Crippen LogP contribution in [0.1, 0.15) is 12.1 Å². The van der Waals surface area contributed by atoms with Crippen LogP contribution in [0.2, 0.25) is 0 Å². The molecule has 0 bridgehead atoms. The number of aromatic nitrogens is 3. The molecule has 84 valence electrons. The summed E-state index contributed by atoms with van der Waals surface area (Å²) in [5.41, 5.74) is 2.02. The average Bonchev–Trinajstić information content (AvgIpc) is 2.87. The Morgan fingerprint density at radius 1 is 1.44 bits per heavy atom. The second-order valence-electron chi connectivity index (χ2n) is 4.23. The topological polar surface area (TPSA) is 53.7 Å². The minimum atomic E-state index is -0.166. The van der Waals surface area contributed by atoms with E-state index in [4.69, 9.17) is 0 Å². The Hall–Kier alpha value is -1.46. The Labute approximate surface area is 93.4 Å². The van der Waals surface area contributed by atoms with Gasteiger partial charge in [-0.05, 0) is 6.42 Å². The molecule has 0 aliphatic carbocycles. The van der Waals surface area contributed by atoms with Gasteiger partial charge in [-0.2, -0.15) is 0 Å². The molecule has 1 aliphatic rings. The molecule has 2 aromatic rings. The van der Waals surface area contributed by atoms with E-state index in [2.05, 4.69) is 14.9 Å². The molecule has 3 rings (SSSR count). The van der Waals surface area contributed by atoms with Gasteiger partial charge in [-0.25, -0.2) is 4.98 Å². The van der Waals surface area contributed by atoms with Crippen LogP contribution in [0.25, 0.3) is 5.65 Å². The SMILES string of the molecule is O[C@@H]1CCN(Cc2cnc3cnccn23)C1. The number of nitrogens with zero attached hydrogens (tertiary/aromatic N) is 4. The number of β-amino-alcohol motifs (C(OH)–C–C–N with tert-alkyl or cyclic N) is 1. The molecule has 2 aromatic heterocycles. The van der Waals surface area contributed by atoms with Gasteiger partial charge in [0, 0.05) is 32.0 Å². The Kier molecular flexibility index (Phi) is 2.34. The maximum Gasteiger partial charge on any atom is 0.155 e. The molecule has 1 N–H and O–H groups in total. The van der Waals surface area contributed by atoms with Gasteiger partial charge in [0.1, 0.15) is 0 Å². The largest absolute Gasteiger partial charge is 0.392 e. The van der Waals surface area contributed by atoms with Crippen molar-refractivity contribution in [3.05, 3.63) is 30.5 Å². The van der Waals surface area contributed by atoms with Crippen LogP contribution in [-0.2, 0) is 6.54 Å². The number of hydrogen-bond acceptors (Lipinski definition) is 4. The van der Waals surface area contributed by atoms with Crippen molar-refractivity contribution in [1.82, 2.24) is 19.3 Å². The van der Waals surface area contributed by atoms with E-state index in [1.165, 1.54) is 0 Å². The smallest absolute Gasteiger partial charge is 0.155 e. The molecule has 3 heterocycles. The number of fused-ring (bicyclic) bond motifs is 1. The molecule has 0 aromatic carbocycles. The van der Waals surface area contributed by atoms with E-state index in [-0.39, 0.29) is 6.10 Å². The summed E-state index contributed by atoms with van der Waals surface area (Å²) in [6.45, 7) is 2.56. The summed E-state index contributed by atoms with van der Waals surface area (Å²) in [7, 11) is 0. The highest BCUT2D eigenvalue weighted by molar-refractivity contribution is 5.36. The fourth-order valence-corrected chi connectivity index (χ4v) is 2.20. The van der Waals surface area contributed by atoms with E-state index in [1.54, 1.807) is 12.4 Å². The van der Waals surface area contributed by atoms with Gasteiger partial charge in [-0.1, -0.05) is 0 Å². The summed E-state index contributed by atoms with van der Waals surface area (Å²) in [5, 5.41) is 9.47. The molecule has 5 heteroatoms. The molecule has 16 heavy (non-hydrogen) atoms. The van der Waals surface area contributed by atoms with Gasteiger partial charge in [0.25, 0.3) is 0 Å². The van der Waals surface area contributed by atoms with E-state index >= 15 is 0 Å². The quantitative estimate of drug-likeness (QED) is 0.787. The summed E-state index contributed by atoms with van der Waals surface area (Å²) in [6, 6.07) is 0. The van der Waals surface area contributed by atoms with Gasteiger partial charge in [0.2, 0.25) is 0 Å². The minimum Gasteiger partial charge on any atom is -0.392 e. The van der Waals surface area contributed by atoms with Crippen LogP contribution in [0.5, 0.6) is 0 Å². The zero-order chi connectivity index (χ0) is 11.0. The Bertz CT molecular complexity index is 495. The highest BCUT2D eigenvalue weighted by Gasteiger charge is 2.20. The normalized spacial score (nSPS) is 21.9. The van der Waals surface area contributed by atoms with E-state index in [1.807, 2.05) is 16.8 Å². The fraction of sp³-hybridized carbons (Fsp3) is 0.455. The van der Waals surface area contributed by atoms with Gasteiger partial charge < -0.3 is 5.11 Å². The van der Waals surface area contributed by atoms with Crippen LogP contribution in [0.3, 0.4) is 0 Å². The van der Waals surface area contributed by atoms with Crippen LogP contribution < -0.4 is 0 Å². The monoisotopic (exact) mass is 218 g/mol. The number of hydrogen-bond donors (Lipinski definition) is 1. The molecule has 1 atom stereocenters. The second-order valence-corrected chi connectivity index (χ2v) is 4.23. The molecule has 5 nitrogen and oxygen atoms in total. The first-order chi connectivity index (χ1) is 7.83. The van der Waals surface area contributed by atoms with E-state index in [9.17, 15) is 5.11 Å². The third-order valence-corrected chi connectivity index (χ3v) is 3.03. The summed E-state index contributed by atoms with van der Waals surface area (Å²) in [6.07, 6.45) is 8.02. The van der Waals surface area contributed by atoms with Crippen LogP contribution in [0, 0.1) is 0 Å². The molecule has 1 saturated heterocycles. The Morgan fingerprint density at radius 2 is 2.38 bits per heavy atom. The standard InChI is InChI=1S/C11H14N4O/c16-10-1-3-14(8-10)7-9-5-13-11-6-12-2-4-15(9)11/h2,4-6,10,16H,1,3,7-8H2/t10-/m1/s1. The molecule has 0 radical (unpaired) electrons. The van der Waals surface area contributed by atoms with Crippen molar-refractivity contribution in [3.8, 4) is 0 Å². The number of aliphatic hydroxyl groups is 1. The lowest BCUT2D eigenvalue weighted by molar-refractivity contribution is 0.174. The summed E-state index contributed by atoms with van der Waals surface area (Å²) in [5.74, 6) is 0. The summed E-state index contributed by atoms with van der Waals surface area (Å²) >= 11 is 0. The number of aliphatic hydroxyl groups excluding tert-OH is 1. The lowest BCUT2D eigenvalue weighted by Gasteiger charge is -2.13. The van der Waals surface area contributed by atoms with Gasteiger partial charge >= 0.3 is 0 Å². The first kappa shape index (κ1) is 9.74. The minimum absolute atomic E-state index is 0.166. The third kappa shape index (κ3) is 1.68. The first-order valence-electron chi connectivity index (χ1n) is 5.49. The van der Waals surface area contributed by atoms with Gasteiger partial charge in [-0.3, -0.25) is 14.3 Å². The zero-order valence-electron chi connectivity index (χ0n) is 8.95.